The van der Waals surface area contributed by atoms with Crippen molar-refractivity contribution < 1.29 is 9.72 Å². The lowest BCUT2D eigenvalue weighted by Gasteiger charge is -2.22. The van der Waals surface area contributed by atoms with Crippen LogP contribution in [-0.2, 0) is 0 Å². The standard InChI is InChI=1S/C14H20N4O3/c1-2-7-17(9-10-3-4-10)14(19)11-5-6-13(18(20)21)12(8-11)16-15/h5-6,8,10,16H,2-4,7,9,15H2,1H3. The Hall–Kier alpha value is -2.15. The van der Waals surface area contributed by atoms with Crippen LogP contribution in [-0.4, -0.2) is 28.8 Å². The van der Waals surface area contributed by atoms with Crippen LogP contribution >= 0.6 is 0 Å². The van der Waals surface area contributed by atoms with Gasteiger partial charge in [0.25, 0.3) is 11.6 Å². The molecule has 2 rings (SSSR count). The van der Waals surface area contributed by atoms with Crippen LogP contribution < -0.4 is 11.3 Å². The molecule has 114 valence electrons. The number of carbonyl (C=O) groups is 1. The Morgan fingerprint density at radius 3 is 2.76 bits per heavy atom. The van der Waals surface area contributed by atoms with Gasteiger partial charge in [-0.2, -0.15) is 0 Å². The predicted molar refractivity (Wildman–Crippen MR) is 79.8 cm³/mol. The Morgan fingerprint density at radius 2 is 2.24 bits per heavy atom. The van der Waals surface area contributed by atoms with E-state index in [1.807, 2.05) is 11.8 Å². The number of rotatable bonds is 7. The third-order valence-corrected chi connectivity index (χ3v) is 3.55. The van der Waals surface area contributed by atoms with Gasteiger partial charge in [0, 0.05) is 24.7 Å². The second-order valence-corrected chi connectivity index (χ2v) is 5.33. The highest BCUT2D eigenvalue weighted by molar-refractivity contribution is 5.96. The Labute approximate surface area is 123 Å². The number of nitrogens with two attached hydrogens (primary N) is 1. The molecule has 7 heteroatoms. The van der Waals surface area contributed by atoms with Gasteiger partial charge in [0.15, 0.2) is 0 Å². The molecule has 7 nitrogen and oxygen atoms in total. The number of hydrogen-bond acceptors (Lipinski definition) is 5. The van der Waals surface area contributed by atoms with Crippen molar-refractivity contribution in [3.63, 3.8) is 0 Å². The normalized spacial score (nSPS) is 13.8. The van der Waals surface area contributed by atoms with E-state index in [0.717, 1.165) is 13.0 Å². The summed E-state index contributed by atoms with van der Waals surface area (Å²) in [5, 5.41) is 10.9. The fourth-order valence-corrected chi connectivity index (χ4v) is 2.28. The van der Waals surface area contributed by atoms with Gasteiger partial charge in [0.1, 0.15) is 5.69 Å². The largest absolute Gasteiger partial charge is 0.338 e. The molecule has 1 aliphatic rings. The van der Waals surface area contributed by atoms with E-state index in [-0.39, 0.29) is 17.3 Å². The van der Waals surface area contributed by atoms with Crippen molar-refractivity contribution in [3.05, 3.63) is 33.9 Å². The molecule has 0 bridgehead atoms. The molecule has 1 aromatic carbocycles. The third kappa shape index (κ3) is 3.69. The quantitative estimate of drug-likeness (QED) is 0.455. The molecule has 0 aromatic heterocycles. The molecular formula is C14H20N4O3. The van der Waals surface area contributed by atoms with Crippen LogP contribution in [0.3, 0.4) is 0 Å². The van der Waals surface area contributed by atoms with E-state index in [1.165, 1.54) is 31.0 Å². The average molecular weight is 292 g/mol. The van der Waals surface area contributed by atoms with Crippen molar-refractivity contribution in [2.45, 2.75) is 26.2 Å². The number of hydrazine groups is 1. The number of nitrogen functional groups attached to an aromatic ring is 1. The van der Waals surface area contributed by atoms with Crippen molar-refractivity contribution in [1.29, 1.82) is 0 Å². The summed E-state index contributed by atoms with van der Waals surface area (Å²) in [6.45, 7) is 3.47. The first-order valence-corrected chi connectivity index (χ1v) is 7.11. The van der Waals surface area contributed by atoms with E-state index < -0.39 is 4.92 Å². The first kappa shape index (κ1) is 15.2. The van der Waals surface area contributed by atoms with Crippen LogP contribution in [0.5, 0.6) is 0 Å². The van der Waals surface area contributed by atoms with Gasteiger partial charge in [-0.1, -0.05) is 6.92 Å². The van der Waals surface area contributed by atoms with Crippen LogP contribution in [0.1, 0.15) is 36.5 Å². The Bertz CT molecular complexity index is 543. The highest BCUT2D eigenvalue weighted by Gasteiger charge is 2.27. The number of nitro groups is 1. The van der Waals surface area contributed by atoms with Gasteiger partial charge in [-0.15, -0.1) is 0 Å². The SMILES string of the molecule is CCCN(CC1CC1)C(=O)c1ccc([N+](=O)[O-])c(NN)c1. The summed E-state index contributed by atoms with van der Waals surface area (Å²) in [7, 11) is 0. The zero-order valence-corrected chi connectivity index (χ0v) is 12.0. The van der Waals surface area contributed by atoms with E-state index in [4.69, 9.17) is 5.84 Å². The minimum absolute atomic E-state index is 0.102. The van der Waals surface area contributed by atoms with E-state index in [0.29, 0.717) is 18.0 Å². The Balaban J connectivity index is 2.21. The zero-order chi connectivity index (χ0) is 15.4. The lowest BCUT2D eigenvalue weighted by Crippen LogP contribution is -2.33. The molecule has 0 heterocycles. The summed E-state index contributed by atoms with van der Waals surface area (Å²) >= 11 is 0. The van der Waals surface area contributed by atoms with Gasteiger partial charge in [0.2, 0.25) is 0 Å². The average Bonchev–Trinajstić information content (AvgIpc) is 3.29. The number of nitrogens with one attached hydrogen (secondary N) is 1. The van der Waals surface area contributed by atoms with Gasteiger partial charge >= 0.3 is 0 Å². The number of hydrogen-bond donors (Lipinski definition) is 2. The van der Waals surface area contributed by atoms with Crippen molar-refractivity contribution in [3.8, 4) is 0 Å². The van der Waals surface area contributed by atoms with Crippen molar-refractivity contribution in [1.82, 2.24) is 4.90 Å². The number of nitrogens with zero attached hydrogens (tertiary/aromatic N) is 2. The van der Waals surface area contributed by atoms with Crippen molar-refractivity contribution in [2.75, 3.05) is 18.5 Å². The maximum atomic E-state index is 12.5. The molecule has 0 unspecified atom stereocenters. The van der Waals surface area contributed by atoms with Crippen LogP contribution in [0, 0.1) is 16.0 Å². The molecule has 1 fully saturated rings. The van der Waals surface area contributed by atoms with Crippen LogP contribution in [0.2, 0.25) is 0 Å². The molecule has 0 radical (unpaired) electrons. The summed E-state index contributed by atoms with van der Waals surface area (Å²) in [4.78, 5) is 24.7. The molecule has 1 aromatic rings. The van der Waals surface area contributed by atoms with E-state index in [1.54, 1.807) is 0 Å². The number of nitro benzene ring substituents is 1. The van der Waals surface area contributed by atoms with Gasteiger partial charge in [-0.3, -0.25) is 20.8 Å². The van der Waals surface area contributed by atoms with Crippen LogP contribution in [0.25, 0.3) is 0 Å². The molecule has 0 saturated heterocycles. The first-order chi connectivity index (χ1) is 10.1. The maximum absolute atomic E-state index is 12.5. The van der Waals surface area contributed by atoms with Gasteiger partial charge in [-0.25, -0.2) is 0 Å². The summed E-state index contributed by atoms with van der Waals surface area (Å²) in [6, 6.07) is 4.23. The third-order valence-electron chi connectivity index (χ3n) is 3.55. The van der Waals surface area contributed by atoms with Crippen LogP contribution in [0.15, 0.2) is 18.2 Å². The summed E-state index contributed by atoms with van der Waals surface area (Å²) in [5.41, 5.74) is 2.71. The smallest absolute Gasteiger partial charge is 0.293 e. The molecule has 1 amide bonds. The Morgan fingerprint density at radius 1 is 1.52 bits per heavy atom. The second-order valence-electron chi connectivity index (χ2n) is 5.33. The topological polar surface area (TPSA) is 102 Å². The fourth-order valence-electron chi connectivity index (χ4n) is 2.28. The molecule has 21 heavy (non-hydrogen) atoms. The number of benzene rings is 1. The Kier molecular flexibility index (Phi) is 4.74. The van der Waals surface area contributed by atoms with E-state index >= 15 is 0 Å². The molecule has 1 aliphatic carbocycles. The van der Waals surface area contributed by atoms with Crippen LogP contribution in [0.4, 0.5) is 11.4 Å². The number of carbonyl (C=O) groups excluding carboxylic acids is 1. The van der Waals surface area contributed by atoms with E-state index in [2.05, 4.69) is 5.43 Å². The zero-order valence-electron chi connectivity index (χ0n) is 12.0. The van der Waals surface area contributed by atoms with Crippen molar-refractivity contribution in [2.24, 2.45) is 11.8 Å². The minimum atomic E-state index is -0.530. The molecule has 1 saturated carbocycles. The maximum Gasteiger partial charge on any atom is 0.293 e. The summed E-state index contributed by atoms with van der Waals surface area (Å²) in [5.74, 6) is 5.80. The highest BCUT2D eigenvalue weighted by atomic mass is 16.6. The van der Waals surface area contributed by atoms with Crippen molar-refractivity contribution >= 4 is 17.3 Å². The lowest BCUT2D eigenvalue weighted by atomic mass is 10.1. The van der Waals surface area contributed by atoms with Gasteiger partial charge in [-0.05, 0) is 37.3 Å². The molecule has 0 atom stereocenters. The monoisotopic (exact) mass is 292 g/mol. The van der Waals surface area contributed by atoms with Gasteiger partial charge in [0.05, 0.1) is 4.92 Å². The second kappa shape index (κ2) is 6.53. The lowest BCUT2D eigenvalue weighted by molar-refractivity contribution is -0.384. The predicted octanol–water partition coefficient (Wildman–Crippen LogP) is 2.14. The summed E-state index contributed by atoms with van der Waals surface area (Å²) < 4.78 is 0. The summed E-state index contributed by atoms with van der Waals surface area (Å²) in [6.07, 6.45) is 3.22. The highest BCUT2D eigenvalue weighted by Crippen LogP contribution is 2.31. The minimum Gasteiger partial charge on any atom is -0.338 e. The van der Waals surface area contributed by atoms with Gasteiger partial charge < -0.3 is 10.3 Å². The first-order valence-electron chi connectivity index (χ1n) is 7.11. The van der Waals surface area contributed by atoms with E-state index in [9.17, 15) is 14.9 Å². The fraction of sp³-hybridized carbons (Fsp3) is 0.500. The number of amides is 1. The molecule has 0 spiro atoms. The molecule has 0 aliphatic heterocycles. The number of anilines is 1. The molecular weight excluding hydrogens is 272 g/mol. The molecule has 3 N–H and O–H groups in total.